The van der Waals surface area contributed by atoms with Gasteiger partial charge in [0, 0.05) is 32.1 Å². The van der Waals surface area contributed by atoms with Crippen molar-refractivity contribution in [2.24, 2.45) is 0 Å². The third-order valence-electron chi connectivity index (χ3n) is 8.18. The summed E-state index contributed by atoms with van der Waals surface area (Å²) in [7, 11) is 0. The lowest BCUT2D eigenvalue weighted by Gasteiger charge is -2.28. The van der Waals surface area contributed by atoms with Gasteiger partial charge < -0.3 is 10.0 Å². The first kappa shape index (κ1) is 25.3. The molecule has 1 heterocycles. The Hall–Kier alpha value is -5.38. The van der Waals surface area contributed by atoms with E-state index in [4.69, 9.17) is 0 Å². The first-order valence-electron chi connectivity index (χ1n) is 14.4. The van der Waals surface area contributed by atoms with Crippen molar-refractivity contribution in [3.63, 3.8) is 0 Å². The summed E-state index contributed by atoms with van der Waals surface area (Å²) >= 11 is 1.86. The largest absolute Gasteiger partial charge is 0.507 e. The van der Waals surface area contributed by atoms with Crippen molar-refractivity contribution < 1.29 is 5.11 Å². The van der Waals surface area contributed by atoms with Gasteiger partial charge in [-0.25, -0.2) is 0 Å². The van der Waals surface area contributed by atoms with Gasteiger partial charge in [-0.15, -0.1) is 11.3 Å². The first-order chi connectivity index (χ1) is 21.3. The maximum Gasteiger partial charge on any atom is 0.123 e. The number of hydrogen-bond acceptors (Lipinski definition) is 3. The summed E-state index contributed by atoms with van der Waals surface area (Å²) in [5.74, 6) is 0.282. The number of rotatable bonds is 5. The Labute approximate surface area is 254 Å². The monoisotopic (exact) mass is 569 g/mol. The van der Waals surface area contributed by atoms with Gasteiger partial charge in [-0.1, -0.05) is 127 Å². The molecule has 1 aromatic heterocycles. The first-order valence-corrected chi connectivity index (χ1v) is 15.2. The summed E-state index contributed by atoms with van der Waals surface area (Å²) in [4.78, 5) is 2.39. The fourth-order valence-electron chi connectivity index (χ4n) is 6.23. The fraction of sp³-hybridized carbons (Fsp3) is 0. The van der Waals surface area contributed by atoms with Crippen LogP contribution >= 0.6 is 11.3 Å². The average Bonchev–Trinajstić information content (AvgIpc) is 3.46. The van der Waals surface area contributed by atoms with Crippen LogP contribution in [0, 0.1) is 0 Å². The number of para-hydroxylation sites is 2. The van der Waals surface area contributed by atoms with Crippen molar-refractivity contribution in [3.05, 3.63) is 158 Å². The molecule has 1 N–H and O–H groups in total. The smallest absolute Gasteiger partial charge is 0.123 e. The normalized spacial score (nSPS) is 11.3. The highest BCUT2D eigenvalue weighted by atomic mass is 32.1. The quantitative estimate of drug-likeness (QED) is 0.223. The highest BCUT2D eigenvalue weighted by molar-refractivity contribution is 7.27. The molecule has 0 radical (unpaired) electrons. The van der Waals surface area contributed by atoms with E-state index in [-0.39, 0.29) is 5.75 Å². The van der Waals surface area contributed by atoms with Crippen molar-refractivity contribution in [3.8, 4) is 28.0 Å². The highest BCUT2D eigenvalue weighted by Crippen LogP contribution is 2.49. The minimum atomic E-state index is 0.282. The molecule has 8 aromatic rings. The maximum absolute atomic E-state index is 10.7. The number of phenolic OH excluding ortho intramolecular Hbond substituents is 1. The topological polar surface area (TPSA) is 23.5 Å². The van der Waals surface area contributed by atoms with Crippen LogP contribution in [0.1, 0.15) is 0 Å². The van der Waals surface area contributed by atoms with Gasteiger partial charge in [-0.2, -0.15) is 0 Å². The van der Waals surface area contributed by atoms with Crippen molar-refractivity contribution >= 4 is 59.3 Å². The molecule has 0 aliphatic carbocycles. The van der Waals surface area contributed by atoms with Crippen LogP contribution in [0.15, 0.2) is 158 Å². The van der Waals surface area contributed by atoms with E-state index >= 15 is 0 Å². The van der Waals surface area contributed by atoms with E-state index in [1.807, 2.05) is 29.5 Å². The van der Waals surface area contributed by atoms with Crippen molar-refractivity contribution in [2.45, 2.75) is 0 Å². The second-order valence-corrected chi connectivity index (χ2v) is 11.7. The van der Waals surface area contributed by atoms with Gasteiger partial charge in [0.15, 0.2) is 0 Å². The molecule has 0 saturated carbocycles. The standard InChI is InChI=1S/C40H27NOS/c42-38-24-10-9-19-33(38)31-25-26-36(32-18-8-7-17-30(31)32)41(28-15-5-2-6-16-28)37-23-12-22-35-34-21-11-20-29(39(34)43-40(35)37)27-13-3-1-4-14-27/h1-26,42H. The van der Waals surface area contributed by atoms with Crippen molar-refractivity contribution in [1.29, 1.82) is 0 Å². The minimum Gasteiger partial charge on any atom is -0.507 e. The number of phenols is 1. The molecule has 0 fully saturated rings. The number of aromatic hydroxyl groups is 1. The Morgan fingerprint density at radius 2 is 1.00 bits per heavy atom. The van der Waals surface area contributed by atoms with E-state index in [0.29, 0.717) is 0 Å². The molecular weight excluding hydrogens is 543 g/mol. The molecule has 204 valence electrons. The molecule has 8 rings (SSSR count). The summed E-state index contributed by atoms with van der Waals surface area (Å²) in [5, 5.41) is 15.5. The van der Waals surface area contributed by atoms with Crippen LogP contribution in [0.2, 0.25) is 0 Å². The Morgan fingerprint density at radius 3 is 1.79 bits per heavy atom. The number of thiophene rings is 1. The van der Waals surface area contributed by atoms with Crippen LogP contribution in [-0.4, -0.2) is 5.11 Å². The average molecular weight is 570 g/mol. The molecule has 43 heavy (non-hydrogen) atoms. The van der Waals surface area contributed by atoms with E-state index < -0.39 is 0 Å². The summed E-state index contributed by atoms with van der Waals surface area (Å²) in [6.45, 7) is 0. The van der Waals surface area contributed by atoms with Gasteiger partial charge in [-0.05, 0) is 52.4 Å². The van der Waals surface area contributed by atoms with E-state index in [0.717, 1.165) is 39.0 Å². The second kappa shape index (κ2) is 10.5. The molecule has 0 aliphatic heterocycles. The van der Waals surface area contributed by atoms with E-state index in [1.165, 1.54) is 31.3 Å². The number of benzene rings is 7. The predicted octanol–water partition coefficient (Wildman–Crippen LogP) is 11.7. The zero-order chi connectivity index (χ0) is 28.8. The molecule has 7 aromatic carbocycles. The van der Waals surface area contributed by atoms with Crippen LogP contribution in [0.25, 0.3) is 53.2 Å². The van der Waals surface area contributed by atoms with Crippen LogP contribution in [0.4, 0.5) is 17.1 Å². The Kier molecular flexibility index (Phi) is 6.17. The van der Waals surface area contributed by atoms with Gasteiger partial charge in [0.25, 0.3) is 0 Å². The van der Waals surface area contributed by atoms with Crippen molar-refractivity contribution in [2.75, 3.05) is 4.90 Å². The molecule has 0 unspecified atom stereocenters. The summed E-state index contributed by atoms with van der Waals surface area (Å²) in [6.07, 6.45) is 0. The zero-order valence-corrected chi connectivity index (χ0v) is 24.1. The third kappa shape index (κ3) is 4.25. The van der Waals surface area contributed by atoms with Crippen LogP contribution in [-0.2, 0) is 0 Å². The number of nitrogens with zero attached hydrogens (tertiary/aromatic N) is 1. The number of anilines is 3. The van der Waals surface area contributed by atoms with Crippen LogP contribution < -0.4 is 4.90 Å². The van der Waals surface area contributed by atoms with Gasteiger partial charge in [0.05, 0.1) is 16.1 Å². The highest BCUT2D eigenvalue weighted by Gasteiger charge is 2.21. The molecule has 0 spiro atoms. The number of fused-ring (bicyclic) bond motifs is 4. The summed E-state index contributed by atoms with van der Waals surface area (Å²) in [6, 6.07) is 55.0. The third-order valence-corrected chi connectivity index (χ3v) is 9.46. The van der Waals surface area contributed by atoms with Gasteiger partial charge in [0.2, 0.25) is 0 Å². The minimum absolute atomic E-state index is 0.282. The van der Waals surface area contributed by atoms with E-state index in [2.05, 4.69) is 138 Å². The SMILES string of the molecule is Oc1ccccc1-c1ccc(N(c2ccccc2)c2cccc3c2sc2c(-c4ccccc4)cccc23)c2ccccc12. The summed E-state index contributed by atoms with van der Waals surface area (Å²) in [5.41, 5.74) is 7.66. The maximum atomic E-state index is 10.7. The predicted molar refractivity (Wildman–Crippen MR) is 184 cm³/mol. The van der Waals surface area contributed by atoms with Gasteiger partial charge in [-0.3, -0.25) is 0 Å². The number of hydrogen-bond donors (Lipinski definition) is 1. The Morgan fingerprint density at radius 1 is 0.395 bits per heavy atom. The molecular formula is C40H27NOS. The lowest BCUT2D eigenvalue weighted by Crippen LogP contribution is -2.10. The molecule has 2 nitrogen and oxygen atoms in total. The van der Waals surface area contributed by atoms with E-state index in [1.54, 1.807) is 6.07 Å². The molecule has 0 atom stereocenters. The Balaban J connectivity index is 1.41. The molecule has 0 amide bonds. The molecule has 0 aliphatic rings. The molecule has 0 bridgehead atoms. The second-order valence-electron chi connectivity index (χ2n) is 10.7. The van der Waals surface area contributed by atoms with Gasteiger partial charge >= 0.3 is 0 Å². The van der Waals surface area contributed by atoms with E-state index in [9.17, 15) is 5.11 Å². The van der Waals surface area contributed by atoms with Crippen LogP contribution in [0.5, 0.6) is 5.75 Å². The fourth-order valence-corrected chi connectivity index (χ4v) is 7.57. The lowest BCUT2D eigenvalue weighted by molar-refractivity contribution is 0.477. The van der Waals surface area contributed by atoms with Crippen LogP contribution in [0.3, 0.4) is 0 Å². The lowest BCUT2D eigenvalue weighted by atomic mass is 9.95. The van der Waals surface area contributed by atoms with Crippen molar-refractivity contribution in [1.82, 2.24) is 0 Å². The molecule has 3 heteroatoms. The Bertz CT molecular complexity index is 2250. The molecule has 0 saturated heterocycles. The van der Waals surface area contributed by atoms with Gasteiger partial charge in [0.1, 0.15) is 5.75 Å². The zero-order valence-electron chi connectivity index (χ0n) is 23.3. The summed E-state index contributed by atoms with van der Waals surface area (Å²) < 4.78 is 2.54.